The van der Waals surface area contributed by atoms with E-state index in [0.717, 1.165) is 12.1 Å². The quantitative estimate of drug-likeness (QED) is 0.814. The van der Waals surface area contributed by atoms with Gasteiger partial charge in [0.1, 0.15) is 0 Å². The van der Waals surface area contributed by atoms with Gasteiger partial charge >= 0.3 is 6.18 Å². The Morgan fingerprint density at radius 1 is 1.22 bits per heavy atom. The van der Waals surface area contributed by atoms with E-state index in [-0.39, 0.29) is 6.10 Å². The van der Waals surface area contributed by atoms with Crippen LogP contribution in [0.25, 0.3) is 0 Å². The number of aliphatic hydroxyl groups is 1. The van der Waals surface area contributed by atoms with Crippen LogP contribution in [0, 0.1) is 0 Å². The molecule has 0 atom stereocenters. The first-order chi connectivity index (χ1) is 8.31. The van der Waals surface area contributed by atoms with Gasteiger partial charge in [0.2, 0.25) is 0 Å². The SMILES string of the molecule is NC1(c2cccc(C(F)(F)F)c2)CCC(O)CC1. The maximum Gasteiger partial charge on any atom is 0.416 e. The molecule has 100 valence electrons. The van der Waals surface area contributed by atoms with Crippen molar-refractivity contribution in [1.82, 2.24) is 0 Å². The Kier molecular flexibility index (Phi) is 3.38. The number of hydrogen-bond donors (Lipinski definition) is 2. The van der Waals surface area contributed by atoms with E-state index in [2.05, 4.69) is 0 Å². The van der Waals surface area contributed by atoms with E-state index < -0.39 is 17.3 Å². The molecule has 0 saturated heterocycles. The van der Waals surface area contributed by atoms with Crippen LogP contribution in [0.1, 0.15) is 36.8 Å². The Balaban J connectivity index is 2.28. The molecule has 0 unspecified atom stereocenters. The predicted molar refractivity (Wildman–Crippen MR) is 61.8 cm³/mol. The third-order valence-electron chi connectivity index (χ3n) is 3.61. The van der Waals surface area contributed by atoms with Gasteiger partial charge < -0.3 is 10.8 Å². The summed E-state index contributed by atoms with van der Waals surface area (Å²) in [6.07, 6.45) is -2.64. The maximum atomic E-state index is 12.6. The van der Waals surface area contributed by atoms with Gasteiger partial charge in [0, 0.05) is 5.54 Å². The molecule has 1 aliphatic carbocycles. The van der Waals surface area contributed by atoms with Crippen LogP contribution in [0.3, 0.4) is 0 Å². The second-order valence-electron chi connectivity index (χ2n) is 4.97. The van der Waals surface area contributed by atoms with Gasteiger partial charge in [0.05, 0.1) is 11.7 Å². The topological polar surface area (TPSA) is 46.2 Å². The number of benzene rings is 1. The van der Waals surface area contributed by atoms with Crippen LogP contribution in [0.5, 0.6) is 0 Å². The zero-order valence-electron chi connectivity index (χ0n) is 9.87. The molecule has 1 aliphatic rings. The molecular weight excluding hydrogens is 243 g/mol. The van der Waals surface area contributed by atoms with Gasteiger partial charge in [-0.15, -0.1) is 0 Å². The summed E-state index contributed by atoms with van der Waals surface area (Å²) in [4.78, 5) is 0. The molecule has 5 heteroatoms. The Morgan fingerprint density at radius 3 is 2.39 bits per heavy atom. The minimum atomic E-state index is -4.35. The third-order valence-corrected chi connectivity index (χ3v) is 3.61. The summed E-state index contributed by atoms with van der Waals surface area (Å²) in [5.74, 6) is 0. The average molecular weight is 259 g/mol. The lowest BCUT2D eigenvalue weighted by molar-refractivity contribution is -0.137. The fourth-order valence-electron chi connectivity index (χ4n) is 2.41. The van der Waals surface area contributed by atoms with Crippen LogP contribution in [0.4, 0.5) is 13.2 Å². The van der Waals surface area contributed by atoms with Gasteiger partial charge in [-0.1, -0.05) is 12.1 Å². The first-order valence-electron chi connectivity index (χ1n) is 5.96. The highest BCUT2D eigenvalue weighted by Gasteiger charge is 2.35. The van der Waals surface area contributed by atoms with Gasteiger partial charge in [0.25, 0.3) is 0 Å². The maximum absolute atomic E-state index is 12.6. The van der Waals surface area contributed by atoms with Gasteiger partial charge in [-0.05, 0) is 43.4 Å². The molecule has 0 heterocycles. The second-order valence-corrected chi connectivity index (χ2v) is 4.97. The van der Waals surface area contributed by atoms with E-state index in [1.54, 1.807) is 6.07 Å². The van der Waals surface area contributed by atoms with Gasteiger partial charge in [-0.3, -0.25) is 0 Å². The number of alkyl halides is 3. The Bertz CT molecular complexity index is 422. The standard InChI is InChI=1S/C13H16F3NO/c14-13(15,16)10-3-1-2-9(8-10)12(17)6-4-11(18)5-7-12/h1-3,8,11,18H,4-7,17H2. The molecule has 2 nitrogen and oxygen atoms in total. The molecule has 1 saturated carbocycles. The van der Waals surface area contributed by atoms with Crippen molar-refractivity contribution in [2.75, 3.05) is 0 Å². The molecule has 2 rings (SSSR count). The number of aliphatic hydroxyl groups excluding tert-OH is 1. The molecule has 0 aromatic heterocycles. The number of rotatable bonds is 1. The van der Waals surface area contributed by atoms with Gasteiger partial charge in [0.15, 0.2) is 0 Å². The minimum Gasteiger partial charge on any atom is -0.393 e. The summed E-state index contributed by atoms with van der Waals surface area (Å²) in [5, 5.41) is 9.44. The number of nitrogens with two attached hydrogens (primary N) is 1. The lowest BCUT2D eigenvalue weighted by Gasteiger charge is -2.36. The molecule has 0 bridgehead atoms. The van der Waals surface area contributed by atoms with E-state index in [1.807, 2.05) is 0 Å². The van der Waals surface area contributed by atoms with Crippen molar-refractivity contribution >= 4 is 0 Å². The van der Waals surface area contributed by atoms with Crippen molar-refractivity contribution in [3.05, 3.63) is 35.4 Å². The molecule has 1 aromatic carbocycles. The largest absolute Gasteiger partial charge is 0.416 e. The molecule has 0 radical (unpaired) electrons. The summed E-state index contributed by atoms with van der Waals surface area (Å²) in [5.41, 5.74) is 5.26. The summed E-state index contributed by atoms with van der Waals surface area (Å²) < 4.78 is 37.9. The molecule has 1 aromatic rings. The van der Waals surface area contributed by atoms with E-state index >= 15 is 0 Å². The summed E-state index contributed by atoms with van der Waals surface area (Å²) >= 11 is 0. The fraction of sp³-hybridized carbons (Fsp3) is 0.538. The van der Waals surface area contributed by atoms with Crippen molar-refractivity contribution in [3.63, 3.8) is 0 Å². The van der Waals surface area contributed by atoms with Gasteiger partial charge in [-0.2, -0.15) is 13.2 Å². The highest BCUT2D eigenvalue weighted by molar-refractivity contribution is 5.31. The van der Waals surface area contributed by atoms with Crippen molar-refractivity contribution in [3.8, 4) is 0 Å². The second kappa shape index (κ2) is 4.55. The molecule has 3 N–H and O–H groups in total. The van der Waals surface area contributed by atoms with Crippen LogP contribution in [-0.2, 0) is 11.7 Å². The first-order valence-corrected chi connectivity index (χ1v) is 5.96. The van der Waals surface area contributed by atoms with Crippen LogP contribution >= 0.6 is 0 Å². The number of halogens is 3. The number of hydrogen-bond acceptors (Lipinski definition) is 2. The predicted octanol–water partition coefficient (Wildman–Crippen LogP) is 2.79. The molecule has 0 spiro atoms. The van der Waals surface area contributed by atoms with E-state index in [4.69, 9.17) is 5.73 Å². The lowest BCUT2D eigenvalue weighted by atomic mass is 9.76. The Labute approximate surface area is 104 Å². The summed E-state index contributed by atoms with van der Waals surface area (Å²) in [6.45, 7) is 0. The van der Waals surface area contributed by atoms with Gasteiger partial charge in [-0.25, -0.2) is 0 Å². The molecule has 18 heavy (non-hydrogen) atoms. The van der Waals surface area contributed by atoms with E-state index in [1.165, 1.54) is 6.07 Å². The first kappa shape index (κ1) is 13.4. The van der Waals surface area contributed by atoms with Crippen LogP contribution < -0.4 is 5.73 Å². The Morgan fingerprint density at radius 2 is 1.83 bits per heavy atom. The molecule has 0 aliphatic heterocycles. The van der Waals surface area contributed by atoms with Crippen molar-refractivity contribution < 1.29 is 18.3 Å². The van der Waals surface area contributed by atoms with Crippen LogP contribution in [-0.4, -0.2) is 11.2 Å². The monoisotopic (exact) mass is 259 g/mol. The van der Waals surface area contributed by atoms with E-state index in [9.17, 15) is 18.3 Å². The third kappa shape index (κ3) is 2.67. The Hall–Kier alpha value is -1.07. The van der Waals surface area contributed by atoms with Crippen LogP contribution in [0.15, 0.2) is 24.3 Å². The highest BCUT2D eigenvalue weighted by atomic mass is 19.4. The zero-order valence-corrected chi connectivity index (χ0v) is 9.87. The fourth-order valence-corrected chi connectivity index (χ4v) is 2.41. The highest BCUT2D eigenvalue weighted by Crippen LogP contribution is 2.37. The zero-order chi connectivity index (χ0) is 13.4. The normalized spacial score (nSPS) is 29.3. The minimum absolute atomic E-state index is 0.382. The van der Waals surface area contributed by atoms with Crippen molar-refractivity contribution in [1.29, 1.82) is 0 Å². The summed E-state index contributed by atoms with van der Waals surface area (Å²) in [7, 11) is 0. The molecule has 1 fully saturated rings. The van der Waals surface area contributed by atoms with Crippen molar-refractivity contribution in [2.24, 2.45) is 5.73 Å². The molecule has 0 amide bonds. The lowest BCUT2D eigenvalue weighted by Crippen LogP contribution is -2.41. The smallest absolute Gasteiger partial charge is 0.393 e. The molecular formula is C13H16F3NO. The van der Waals surface area contributed by atoms with E-state index in [0.29, 0.717) is 31.2 Å². The van der Waals surface area contributed by atoms with Crippen molar-refractivity contribution in [2.45, 2.75) is 43.5 Å². The van der Waals surface area contributed by atoms with Crippen LogP contribution in [0.2, 0.25) is 0 Å². The summed E-state index contributed by atoms with van der Waals surface area (Å²) in [6, 6.07) is 5.19. The average Bonchev–Trinajstić information content (AvgIpc) is 2.32.